The van der Waals surface area contributed by atoms with Gasteiger partial charge in [-0.2, -0.15) is 0 Å². The maximum Gasteiger partial charge on any atom is 0.0640 e. The van der Waals surface area contributed by atoms with Crippen LogP contribution >= 0.6 is 11.3 Å². The number of anilines is 3. The molecule has 3 heteroatoms. The third-order valence-electron chi connectivity index (χ3n) is 12.0. The number of nitrogens with zero attached hydrogens (tertiary/aromatic N) is 2. The van der Waals surface area contributed by atoms with E-state index in [4.69, 9.17) is 0 Å². The normalized spacial score (nSPS) is 13.7. The van der Waals surface area contributed by atoms with Crippen molar-refractivity contribution in [1.82, 2.24) is 4.57 Å². The number of benzene rings is 8. The summed E-state index contributed by atoms with van der Waals surface area (Å²) in [5.74, 6) is 0.594. The van der Waals surface area contributed by atoms with E-state index in [0.717, 1.165) is 11.4 Å². The van der Waals surface area contributed by atoms with Crippen molar-refractivity contribution in [2.24, 2.45) is 0 Å². The van der Waals surface area contributed by atoms with Gasteiger partial charge in [0, 0.05) is 43.2 Å². The second-order valence-corrected chi connectivity index (χ2v) is 16.1. The van der Waals surface area contributed by atoms with E-state index in [9.17, 15) is 0 Å². The summed E-state index contributed by atoms with van der Waals surface area (Å²) in [6.07, 6.45) is 6.52. The minimum Gasteiger partial charge on any atom is -0.309 e. The fraction of sp³-hybridized carbons (Fsp3) is 0.115. The van der Waals surface area contributed by atoms with Crippen LogP contribution in [0.15, 0.2) is 176 Å². The summed E-state index contributed by atoms with van der Waals surface area (Å²) in [6.45, 7) is 0. The van der Waals surface area contributed by atoms with Crippen LogP contribution in [0.5, 0.6) is 0 Å². The van der Waals surface area contributed by atoms with Gasteiger partial charge in [-0.3, -0.25) is 0 Å². The Morgan fingerprint density at radius 3 is 2.05 bits per heavy atom. The highest BCUT2D eigenvalue weighted by Gasteiger charge is 2.25. The quantitative estimate of drug-likeness (QED) is 0.166. The predicted molar refractivity (Wildman–Crippen MR) is 237 cm³/mol. The lowest BCUT2D eigenvalue weighted by Crippen LogP contribution is -2.12. The fourth-order valence-electron chi connectivity index (χ4n) is 9.51. The van der Waals surface area contributed by atoms with Crippen LogP contribution in [0, 0.1) is 0 Å². The number of fused-ring (bicyclic) bond motifs is 7. The van der Waals surface area contributed by atoms with Gasteiger partial charge in [0.05, 0.1) is 27.1 Å². The molecular formula is C52H40N2S. The second-order valence-electron chi connectivity index (χ2n) is 15.1. The zero-order valence-corrected chi connectivity index (χ0v) is 31.5. The highest BCUT2D eigenvalue weighted by atomic mass is 32.1. The van der Waals surface area contributed by atoms with Crippen LogP contribution < -0.4 is 4.90 Å². The van der Waals surface area contributed by atoms with Crippen molar-refractivity contribution in [2.45, 2.75) is 38.0 Å². The van der Waals surface area contributed by atoms with E-state index in [-0.39, 0.29) is 0 Å². The molecule has 0 radical (unpaired) electrons. The molecule has 264 valence electrons. The van der Waals surface area contributed by atoms with Crippen LogP contribution in [0.1, 0.15) is 43.6 Å². The maximum absolute atomic E-state index is 2.54. The van der Waals surface area contributed by atoms with Crippen LogP contribution in [0.25, 0.3) is 69.6 Å². The van der Waals surface area contributed by atoms with E-state index < -0.39 is 0 Å². The Hall–Kier alpha value is -6.16. The molecule has 8 aromatic carbocycles. The van der Waals surface area contributed by atoms with Crippen LogP contribution in [-0.2, 0) is 0 Å². The van der Waals surface area contributed by atoms with E-state index in [2.05, 4.69) is 185 Å². The first-order valence-electron chi connectivity index (χ1n) is 19.7. The largest absolute Gasteiger partial charge is 0.309 e. The van der Waals surface area contributed by atoms with Gasteiger partial charge in [-0.1, -0.05) is 147 Å². The Morgan fingerprint density at radius 2 is 1.16 bits per heavy atom. The molecule has 0 N–H and O–H groups in total. The second kappa shape index (κ2) is 13.3. The summed E-state index contributed by atoms with van der Waals surface area (Å²) in [6, 6.07) is 65.4. The third-order valence-corrected chi connectivity index (χ3v) is 13.2. The summed E-state index contributed by atoms with van der Waals surface area (Å²) in [5, 5.41) is 7.85. The smallest absolute Gasteiger partial charge is 0.0640 e. The summed E-state index contributed by atoms with van der Waals surface area (Å²) in [7, 11) is 0. The molecule has 1 fully saturated rings. The van der Waals surface area contributed by atoms with Gasteiger partial charge < -0.3 is 9.47 Å². The fourth-order valence-corrected chi connectivity index (χ4v) is 10.7. The Labute approximate surface area is 325 Å². The van der Waals surface area contributed by atoms with E-state index in [1.165, 1.54) is 113 Å². The van der Waals surface area contributed by atoms with Crippen molar-refractivity contribution in [3.05, 3.63) is 181 Å². The Bertz CT molecular complexity index is 3030. The summed E-state index contributed by atoms with van der Waals surface area (Å²) in [4.78, 5) is 2.54. The van der Waals surface area contributed by atoms with Crippen molar-refractivity contribution >= 4 is 81.1 Å². The first-order chi connectivity index (χ1) is 27.3. The molecule has 0 bridgehead atoms. The van der Waals surface area contributed by atoms with Gasteiger partial charge in [0.15, 0.2) is 0 Å². The van der Waals surface area contributed by atoms with Gasteiger partial charge in [0.1, 0.15) is 0 Å². The van der Waals surface area contributed by atoms with Crippen molar-refractivity contribution in [2.75, 3.05) is 4.90 Å². The number of hydrogen-bond donors (Lipinski definition) is 0. The molecule has 55 heavy (non-hydrogen) atoms. The predicted octanol–water partition coefficient (Wildman–Crippen LogP) is 15.5. The van der Waals surface area contributed by atoms with Gasteiger partial charge in [-0.05, 0) is 89.2 Å². The molecule has 0 unspecified atom stereocenters. The molecule has 10 aromatic rings. The van der Waals surface area contributed by atoms with E-state index in [1.54, 1.807) is 0 Å². The molecule has 0 spiro atoms. The lowest BCUT2D eigenvalue weighted by molar-refractivity contribution is 0.445. The van der Waals surface area contributed by atoms with E-state index in [1.807, 2.05) is 11.3 Å². The standard InChI is InChI=1S/C52H40N2S/c1-3-16-35(17-4-1)39-25-13-18-36-19-14-26-44(51(36)39)41-23-8-11-29-47(41)54(48-30-15-27-45-43-24-9-12-31-50(43)55-52(45)48)38-32-33-42-40-22-7-10-28-46(40)53(49(42)34-38)37-20-5-2-6-21-37/h2,5-15,18-35H,1,3-4,16-17H2. The van der Waals surface area contributed by atoms with E-state index in [0.29, 0.717) is 5.92 Å². The molecule has 2 nitrogen and oxygen atoms in total. The van der Waals surface area contributed by atoms with E-state index >= 15 is 0 Å². The van der Waals surface area contributed by atoms with Gasteiger partial charge in [0.2, 0.25) is 0 Å². The molecule has 1 saturated carbocycles. The maximum atomic E-state index is 2.54. The lowest BCUT2D eigenvalue weighted by Gasteiger charge is -2.29. The number of rotatable bonds is 6. The minimum atomic E-state index is 0.594. The number of aromatic nitrogens is 1. The third kappa shape index (κ3) is 5.29. The molecule has 0 aliphatic heterocycles. The molecular weight excluding hydrogens is 685 g/mol. The van der Waals surface area contributed by atoms with Gasteiger partial charge in [0.25, 0.3) is 0 Å². The Kier molecular flexibility index (Phi) is 7.81. The Morgan fingerprint density at radius 1 is 0.491 bits per heavy atom. The molecule has 0 atom stereocenters. The first kappa shape index (κ1) is 32.3. The van der Waals surface area contributed by atoms with Crippen molar-refractivity contribution in [1.29, 1.82) is 0 Å². The van der Waals surface area contributed by atoms with Crippen LogP contribution in [0.3, 0.4) is 0 Å². The molecule has 11 rings (SSSR count). The van der Waals surface area contributed by atoms with Crippen LogP contribution in [0.2, 0.25) is 0 Å². The monoisotopic (exact) mass is 724 g/mol. The topological polar surface area (TPSA) is 8.17 Å². The summed E-state index contributed by atoms with van der Waals surface area (Å²) in [5.41, 5.74) is 11.1. The van der Waals surface area contributed by atoms with Crippen molar-refractivity contribution < 1.29 is 0 Å². The highest BCUT2D eigenvalue weighted by molar-refractivity contribution is 7.26. The number of hydrogen-bond acceptors (Lipinski definition) is 2. The number of para-hydroxylation sites is 3. The summed E-state index contributed by atoms with van der Waals surface area (Å²) >= 11 is 1.89. The Balaban J connectivity index is 1.21. The van der Waals surface area contributed by atoms with Crippen LogP contribution in [-0.4, -0.2) is 4.57 Å². The van der Waals surface area contributed by atoms with Gasteiger partial charge >= 0.3 is 0 Å². The lowest BCUT2D eigenvalue weighted by atomic mass is 9.80. The molecule has 0 saturated heterocycles. The number of thiophene rings is 1. The average molecular weight is 725 g/mol. The first-order valence-corrected chi connectivity index (χ1v) is 20.5. The highest BCUT2D eigenvalue weighted by Crippen LogP contribution is 2.50. The molecule has 1 aliphatic rings. The van der Waals surface area contributed by atoms with Gasteiger partial charge in [-0.15, -0.1) is 11.3 Å². The summed E-state index contributed by atoms with van der Waals surface area (Å²) < 4.78 is 5.03. The molecule has 2 aromatic heterocycles. The van der Waals surface area contributed by atoms with Crippen molar-refractivity contribution in [3.8, 4) is 16.8 Å². The molecule has 2 heterocycles. The molecule has 1 aliphatic carbocycles. The van der Waals surface area contributed by atoms with Gasteiger partial charge in [-0.25, -0.2) is 0 Å². The van der Waals surface area contributed by atoms with Crippen LogP contribution in [0.4, 0.5) is 17.1 Å². The SMILES string of the molecule is c1ccc(-n2c3ccccc3c3ccc(N(c4ccccc4-c4cccc5cccc(C6CCCCC6)c45)c4cccc5c4sc4ccccc45)cc32)cc1. The van der Waals surface area contributed by atoms with Crippen molar-refractivity contribution in [3.63, 3.8) is 0 Å². The zero-order chi connectivity index (χ0) is 36.3. The molecule has 0 amide bonds. The minimum absolute atomic E-state index is 0.594. The zero-order valence-electron chi connectivity index (χ0n) is 30.7. The average Bonchev–Trinajstić information content (AvgIpc) is 3.80.